The van der Waals surface area contributed by atoms with Crippen molar-refractivity contribution in [2.45, 2.75) is 0 Å². The molecule has 2 rings (SSSR count). The van der Waals surface area contributed by atoms with Gasteiger partial charge in [-0.1, -0.05) is 0 Å². The number of fused-ring (bicyclic) bond motifs is 1. The summed E-state index contributed by atoms with van der Waals surface area (Å²) in [5.41, 5.74) is 0.367. The molecule has 0 aliphatic carbocycles. The Morgan fingerprint density at radius 3 is 2.38 bits per heavy atom. The van der Waals surface area contributed by atoms with E-state index in [-0.39, 0.29) is 10.3 Å². The Balaban J connectivity index is 2.88. The van der Waals surface area contributed by atoms with Crippen LogP contribution in [0.25, 0.3) is 10.9 Å². The van der Waals surface area contributed by atoms with E-state index in [1.807, 2.05) is 0 Å². The van der Waals surface area contributed by atoms with Gasteiger partial charge in [-0.15, -0.1) is 0 Å². The van der Waals surface area contributed by atoms with Gasteiger partial charge < -0.3 is 14.5 Å². The first-order valence-electron chi connectivity index (χ1n) is 4.54. The summed E-state index contributed by atoms with van der Waals surface area (Å²) in [6.45, 7) is 0. The number of benzene rings is 1. The van der Waals surface area contributed by atoms with Crippen LogP contribution in [0.2, 0.25) is 0 Å². The van der Waals surface area contributed by atoms with Gasteiger partial charge in [0.25, 0.3) is 5.56 Å². The van der Waals surface area contributed by atoms with E-state index in [1.54, 1.807) is 12.1 Å². The minimum absolute atomic E-state index is 0.250. The van der Waals surface area contributed by atoms with Crippen molar-refractivity contribution in [2.75, 3.05) is 14.2 Å². The lowest BCUT2D eigenvalue weighted by atomic mass is 10.2. The van der Waals surface area contributed by atoms with Gasteiger partial charge in [0.05, 0.1) is 25.1 Å². The molecule has 2 aromatic rings. The third-order valence-corrected chi connectivity index (χ3v) is 2.45. The van der Waals surface area contributed by atoms with Crippen LogP contribution in [0.3, 0.4) is 0 Å². The number of ether oxygens (including phenoxy) is 2. The number of aromatic nitrogens is 2. The van der Waals surface area contributed by atoms with Crippen molar-refractivity contribution < 1.29 is 9.47 Å². The van der Waals surface area contributed by atoms with Crippen LogP contribution in [0, 0.1) is 4.77 Å². The van der Waals surface area contributed by atoms with Gasteiger partial charge in [0.1, 0.15) is 0 Å². The molecule has 84 valence electrons. The van der Waals surface area contributed by atoms with Gasteiger partial charge >= 0.3 is 0 Å². The molecule has 1 aromatic heterocycles. The lowest BCUT2D eigenvalue weighted by Crippen LogP contribution is -2.08. The summed E-state index contributed by atoms with van der Waals surface area (Å²) in [5, 5.41) is 0.478. The highest BCUT2D eigenvalue weighted by atomic mass is 32.1. The van der Waals surface area contributed by atoms with Crippen molar-refractivity contribution >= 4 is 23.1 Å². The molecule has 0 radical (unpaired) electrons. The monoisotopic (exact) mass is 238 g/mol. The Morgan fingerprint density at radius 1 is 1.12 bits per heavy atom. The molecule has 0 saturated carbocycles. The molecule has 0 fully saturated rings. The lowest BCUT2D eigenvalue weighted by molar-refractivity contribution is 0.355. The van der Waals surface area contributed by atoms with Crippen LogP contribution in [-0.2, 0) is 0 Å². The Hall–Kier alpha value is -1.82. The highest BCUT2D eigenvalue weighted by molar-refractivity contribution is 7.71. The molecule has 0 amide bonds. The molecule has 0 spiro atoms. The molecule has 0 saturated heterocycles. The molecule has 0 aliphatic heterocycles. The zero-order chi connectivity index (χ0) is 11.7. The Bertz CT molecular complexity index is 645. The van der Waals surface area contributed by atoms with Gasteiger partial charge in [-0.05, 0) is 18.3 Å². The first-order valence-corrected chi connectivity index (χ1v) is 4.95. The van der Waals surface area contributed by atoms with E-state index in [9.17, 15) is 4.79 Å². The highest BCUT2D eigenvalue weighted by Gasteiger charge is 2.08. The lowest BCUT2D eigenvalue weighted by Gasteiger charge is -2.08. The number of hydrogen-bond acceptors (Lipinski definition) is 4. The summed E-state index contributed by atoms with van der Waals surface area (Å²) in [6.07, 6.45) is 0. The molecule has 2 N–H and O–H groups in total. The van der Waals surface area contributed by atoms with Crippen molar-refractivity contribution in [3.05, 3.63) is 27.3 Å². The summed E-state index contributed by atoms with van der Waals surface area (Å²) < 4.78 is 10.5. The second-order valence-corrected chi connectivity index (χ2v) is 3.57. The largest absolute Gasteiger partial charge is 0.493 e. The van der Waals surface area contributed by atoms with Gasteiger partial charge in [0, 0.05) is 6.07 Å². The van der Waals surface area contributed by atoms with E-state index in [1.165, 1.54) is 14.2 Å². The van der Waals surface area contributed by atoms with E-state index >= 15 is 0 Å². The fraction of sp³-hybridized carbons (Fsp3) is 0.200. The number of methoxy groups -OCH3 is 2. The maximum Gasteiger partial charge on any atom is 0.259 e. The molecular formula is C10H10N2O3S. The maximum absolute atomic E-state index is 11.6. The first-order chi connectivity index (χ1) is 7.65. The SMILES string of the molecule is COc1cc2[nH]c(=S)[nH]c(=O)c2cc1OC. The zero-order valence-corrected chi connectivity index (χ0v) is 9.60. The number of nitrogens with one attached hydrogen (secondary N) is 2. The number of hydrogen-bond donors (Lipinski definition) is 2. The predicted octanol–water partition coefficient (Wildman–Crippen LogP) is 1.60. The molecule has 1 aromatic carbocycles. The van der Waals surface area contributed by atoms with Crippen LogP contribution >= 0.6 is 12.2 Å². The van der Waals surface area contributed by atoms with Gasteiger partial charge in [-0.3, -0.25) is 9.78 Å². The fourth-order valence-corrected chi connectivity index (χ4v) is 1.70. The quantitative estimate of drug-likeness (QED) is 0.780. The zero-order valence-electron chi connectivity index (χ0n) is 8.79. The van der Waals surface area contributed by atoms with Gasteiger partial charge in [0.2, 0.25) is 0 Å². The van der Waals surface area contributed by atoms with Crippen molar-refractivity contribution in [3.8, 4) is 11.5 Å². The summed E-state index contributed by atoms with van der Waals surface area (Å²) >= 11 is 4.88. The van der Waals surface area contributed by atoms with Crippen LogP contribution in [-0.4, -0.2) is 24.2 Å². The van der Waals surface area contributed by atoms with E-state index in [0.717, 1.165) is 0 Å². The van der Waals surface area contributed by atoms with Crippen LogP contribution in [0.4, 0.5) is 0 Å². The van der Waals surface area contributed by atoms with Gasteiger partial charge in [-0.25, -0.2) is 0 Å². The summed E-state index contributed by atoms with van der Waals surface area (Å²) in [7, 11) is 3.05. The van der Waals surface area contributed by atoms with E-state index in [0.29, 0.717) is 22.4 Å². The minimum atomic E-state index is -0.250. The molecule has 0 atom stereocenters. The number of H-pyrrole nitrogens is 2. The highest BCUT2D eigenvalue weighted by Crippen LogP contribution is 2.29. The smallest absolute Gasteiger partial charge is 0.259 e. The molecule has 1 heterocycles. The average Bonchev–Trinajstić information content (AvgIpc) is 2.27. The minimum Gasteiger partial charge on any atom is -0.493 e. The second-order valence-electron chi connectivity index (χ2n) is 3.16. The Labute approximate surface area is 96.0 Å². The second kappa shape index (κ2) is 3.97. The van der Waals surface area contributed by atoms with Crippen LogP contribution in [0.1, 0.15) is 0 Å². The number of rotatable bonds is 2. The maximum atomic E-state index is 11.6. The summed E-state index contributed by atoms with van der Waals surface area (Å²) in [6, 6.07) is 3.29. The first kappa shape index (κ1) is 10.7. The van der Waals surface area contributed by atoms with E-state index in [2.05, 4.69) is 9.97 Å². The third-order valence-electron chi connectivity index (χ3n) is 2.24. The van der Waals surface area contributed by atoms with Crippen LogP contribution < -0.4 is 15.0 Å². The topological polar surface area (TPSA) is 67.1 Å². The van der Waals surface area contributed by atoms with Crippen LogP contribution in [0.15, 0.2) is 16.9 Å². The summed E-state index contributed by atoms with van der Waals surface area (Å²) in [5.74, 6) is 1.05. The molecule has 0 aliphatic rings. The van der Waals surface area contributed by atoms with Crippen molar-refractivity contribution in [1.82, 2.24) is 9.97 Å². The predicted molar refractivity (Wildman–Crippen MR) is 62.9 cm³/mol. The van der Waals surface area contributed by atoms with Gasteiger partial charge in [0.15, 0.2) is 16.3 Å². The summed E-state index contributed by atoms with van der Waals surface area (Å²) in [4.78, 5) is 17.0. The van der Waals surface area contributed by atoms with Crippen LogP contribution in [0.5, 0.6) is 11.5 Å². The molecular weight excluding hydrogens is 228 g/mol. The van der Waals surface area contributed by atoms with E-state index in [4.69, 9.17) is 21.7 Å². The standard InChI is InChI=1S/C10H10N2O3S/c1-14-7-3-5-6(4-8(7)15-2)11-10(16)12-9(5)13/h3-4H,1-2H3,(H2,11,12,13,16). The molecule has 0 bridgehead atoms. The number of aromatic amines is 2. The molecule has 0 unspecified atom stereocenters. The van der Waals surface area contributed by atoms with Crippen molar-refractivity contribution in [3.63, 3.8) is 0 Å². The molecule has 5 nitrogen and oxygen atoms in total. The van der Waals surface area contributed by atoms with E-state index < -0.39 is 0 Å². The Morgan fingerprint density at radius 2 is 1.75 bits per heavy atom. The normalized spacial score (nSPS) is 10.4. The average molecular weight is 238 g/mol. The van der Waals surface area contributed by atoms with Gasteiger partial charge in [-0.2, -0.15) is 0 Å². The van der Waals surface area contributed by atoms with Crippen molar-refractivity contribution in [2.24, 2.45) is 0 Å². The van der Waals surface area contributed by atoms with Crippen molar-refractivity contribution in [1.29, 1.82) is 0 Å². The molecule has 16 heavy (non-hydrogen) atoms. The Kier molecular flexibility index (Phi) is 2.66. The third kappa shape index (κ3) is 1.67. The fourth-order valence-electron chi connectivity index (χ4n) is 1.49. The molecule has 6 heteroatoms.